The molecule has 2 aromatic rings. The molecule has 0 spiro atoms. The maximum absolute atomic E-state index is 13.1. The van der Waals surface area contributed by atoms with E-state index >= 15 is 0 Å². The first kappa shape index (κ1) is 23.5. The third-order valence-electron chi connectivity index (χ3n) is 6.22. The number of aromatic nitrogens is 1. The molecule has 2 aliphatic rings. The molecule has 8 nitrogen and oxygen atoms in total. The molecule has 1 saturated carbocycles. The molecular formula is C26H29N3O5. The van der Waals surface area contributed by atoms with Crippen LogP contribution in [-0.2, 0) is 9.53 Å². The lowest BCUT2D eigenvalue weighted by molar-refractivity contribution is -0.141. The van der Waals surface area contributed by atoms with Crippen molar-refractivity contribution in [2.45, 2.75) is 51.5 Å². The minimum Gasteiger partial charge on any atom is -0.462 e. The van der Waals surface area contributed by atoms with Crippen LogP contribution in [0.2, 0.25) is 0 Å². The minimum atomic E-state index is -0.661. The van der Waals surface area contributed by atoms with Gasteiger partial charge in [0.15, 0.2) is 0 Å². The summed E-state index contributed by atoms with van der Waals surface area (Å²) >= 11 is 0. The van der Waals surface area contributed by atoms with Crippen molar-refractivity contribution in [3.05, 3.63) is 71.2 Å². The van der Waals surface area contributed by atoms with Gasteiger partial charge in [-0.25, -0.2) is 14.4 Å². The first-order valence-corrected chi connectivity index (χ1v) is 11.7. The molecule has 1 aliphatic carbocycles. The predicted molar refractivity (Wildman–Crippen MR) is 125 cm³/mol. The van der Waals surface area contributed by atoms with Gasteiger partial charge in [0, 0.05) is 18.1 Å². The largest absolute Gasteiger partial charge is 0.462 e. The topological polar surface area (TPSA) is 107 Å². The lowest BCUT2D eigenvalue weighted by Crippen LogP contribution is -2.46. The number of carbonyl (C=O) groups excluding carboxylic acids is 3. The Labute approximate surface area is 198 Å². The van der Waals surface area contributed by atoms with Crippen LogP contribution in [0.15, 0.2) is 60.1 Å². The number of amides is 2. The summed E-state index contributed by atoms with van der Waals surface area (Å²) in [4.78, 5) is 41.6. The maximum Gasteiger partial charge on any atom is 0.345 e. The minimum absolute atomic E-state index is 0.343. The van der Waals surface area contributed by atoms with E-state index in [0.29, 0.717) is 47.1 Å². The smallest absolute Gasteiger partial charge is 0.345 e. The number of pyridine rings is 1. The molecule has 34 heavy (non-hydrogen) atoms. The third-order valence-corrected chi connectivity index (χ3v) is 6.22. The molecule has 8 heteroatoms. The fraction of sp³-hybridized carbons (Fsp3) is 0.385. The van der Waals surface area contributed by atoms with Gasteiger partial charge in [0.1, 0.15) is 5.75 Å². The van der Waals surface area contributed by atoms with Crippen molar-refractivity contribution in [3.63, 3.8) is 0 Å². The van der Waals surface area contributed by atoms with Gasteiger partial charge in [-0.05, 0) is 55.0 Å². The average molecular weight is 464 g/mol. The first-order valence-electron chi connectivity index (χ1n) is 11.7. The Hall–Kier alpha value is -3.68. The van der Waals surface area contributed by atoms with E-state index in [1.54, 1.807) is 42.6 Å². The number of nitrogens with zero attached hydrogens (tertiary/aromatic N) is 1. The van der Waals surface area contributed by atoms with Crippen molar-refractivity contribution < 1.29 is 23.9 Å². The van der Waals surface area contributed by atoms with Crippen LogP contribution in [0, 0.1) is 5.92 Å². The summed E-state index contributed by atoms with van der Waals surface area (Å²) in [7, 11) is 0. The first-order chi connectivity index (χ1) is 16.5. The highest BCUT2D eigenvalue weighted by Gasteiger charge is 2.33. The Morgan fingerprint density at radius 1 is 1.06 bits per heavy atom. The molecular weight excluding hydrogens is 434 g/mol. The molecule has 1 fully saturated rings. The standard InChI is InChI=1S/C26H29N3O5/c1-2-21-22(25(31)33-16-17-7-4-3-5-8-17)23(29-26(32)28-21)18-10-12-20(13-11-18)34-24(30)19-9-6-14-27-15-19/h6,9-15,17,23H,2-5,7-8,16H2,1H3,(H2,28,29,32). The average Bonchev–Trinajstić information content (AvgIpc) is 2.88. The van der Waals surface area contributed by atoms with Crippen LogP contribution in [0.5, 0.6) is 5.75 Å². The van der Waals surface area contributed by atoms with Crippen molar-refractivity contribution >= 4 is 18.0 Å². The van der Waals surface area contributed by atoms with Gasteiger partial charge in [0.25, 0.3) is 0 Å². The molecule has 4 rings (SSSR count). The van der Waals surface area contributed by atoms with Gasteiger partial charge in [-0.2, -0.15) is 0 Å². The van der Waals surface area contributed by atoms with Crippen LogP contribution in [0.3, 0.4) is 0 Å². The normalized spacial score (nSPS) is 18.6. The van der Waals surface area contributed by atoms with E-state index in [4.69, 9.17) is 9.47 Å². The summed E-state index contributed by atoms with van der Waals surface area (Å²) in [5.41, 5.74) is 1.98. The van der Waals surface area contributed by atoms with E-state index in [2.05, 4.69) is 15.6 Å². The molecule has 0 saturated heterocycles. The van der Waals surface area contributed by atoms with Crippen molar-refractivity contribution in [2.24, 2.45) is 5.92 Å². The second kappa shape index (κ2) is 11.0. The van der Waals surface area contributed by atoms with Crippen LogP contribution < -0.4 is 15.4 Å². The van der Waals surface area contributed by atoms with E-state index in [1.807, 2.05) is 6.92 Å². The zero-order valence-electron chi connectivity index (χ0n) is 19.2. The Balaban J connectivity index is 1.50. The lowest BCUT2D eigenvalue weighted by Gasteiger charge is -2.30. The molecule has 0 radical (unpaired) electrons. The molecule has 178 valence electrons. The number of esters is 2. The van der Waals surface area contributed by atoms with Crippen LogP contribution in [0.1, 0.15) is 67.4 Å². The molecule has 1 unspecified atom stereocenters. The highest BCUT2D eigenvalue weighted by Crippen LogP contribution is 2.31. The van der Waals surface area contributed by atoms with Crippen molar-refractivity contribution in [1.29, 1.82) is 0 Å². The SMILES string of the molecule is CCC1=C(C(=O)OCC2CCCCC2)C(c2ccc(OC(=O)c3cccnc3)cc2)NC(=O)N1. The quantitative estimate of drug-likeness (QED) is 0.464. The molecule has 0 bridgehead atoms. The summed E-state index contributed by atoms with van der Waals surface area (Å²) in [5.74, 6) is -0.205. The van der Waals surface area contributed by atoms with E-state index in [-0.39, 0.29) is 6.03 Å². The summed E-state index contributed by atoms with van der Waals surface area (Å²) in [6.07, 6.45) is 9.22. The summed E-state index contributed by atoms with van der Waals surface area (Å²) < 4.78 is 11.1. The lowest BCUT2D eigenvalue weighted by atomic mass is 9.90. The van der Waals surface area contributed by atoms with Crippen molar-refractivity contribution in [3.8, 4) is 5.75 Å². The maximum atomic E-state index is 13.1. The highest BCUT2D eigenvalue weighted by atomic mass is 16.5. The van der Waals surface area contributed by atoms with E-state index in [1.165, 1.54) is 25.5 Å². The predicted octanol–water partition coefficient (Wildman–Crippen LogP) is 4.44. The van der Waals surface area contributed by atoms with Gasteiger partial charge >= 0.3 is 18.0 Å². The van der Waals surface area contributed by atoms with Crippen LogP contribution in [-0.4, -0.2) is 29.6 Å². The molecule has 1 aliphatic heterocycles. The number of ether oxygens (including phenoxy) is 2. The third kappa shape index (κ3) is 5.62. The van der Waals surface area contributed by atoms with Crippen molar-refractivity contribution in [1.82, 2.24) is 15.6 Å². The number of allylic oxidation sites excluding steroid dienone is 1. The van der Waals surface area contributed by atoms with E-state index in [9.17, 15) is 14.4 Å². The molecule has 1 atom stereocenters. The van der Waals surface area contributed by atoms with Gasteiger partial charge in [0.2, 0.25) is 0 Å². The van der Waals surface area contributed by atoms with Gasteiger partial charge in [-0.1, -0.05) is 38.3 Å². The summed E-state index contributed by atoms with van der Waals surface area (Å²) in [6, 6.07) is 8.96. The monoisotopic (exact) mass is 463 g/mol. The molecule has 2 amide bonds. The number of benzene rings is 1. The number of hydrogen-bond acceptors (Lipinski definition) is 6. The Bertz CT molecular complexity index is 1060. The Morgan fingerprint density at radius 3 is 2.50 bits per heavy atom. The zero-order valence-corrected chi connectivity index (χ0v) is 19.2. The number of carbonyl (C=O) groups is 3. The van der Waals surface area contributed by atoms with Gasteiger partial charge in [-0.15, -0.1) is 0 Å². The Kier molecular flexibility index (Phi) is 7.57. The van der Waals surface area contributed by atoms with Crippen LogP contribution in [0.4, 0.5) is 4.79 Å². The number of hydrogen-bond donors (Lipinski definition) is 2. The van der Waals surface area contributed by atoms with Crippen molar-refractivity contribution in [2.75, 3.05) is 6.61 Å². The van der Waals surface area contributed by atoms with Gasteiger partial charge in [0.05, 0.1) is 23.8 Å². The molecule has 1 aromatic heterocycles. The summed E-state index contributed by atoms with van der Waals surface area (Å²) in [5, 5.41) is 5.57. The molecule has 1 aromatic carbocycles. The number of nitrogens with one attached hydrogen (secondary N) is 2. The molecule has 2 heterocycles. The fourth-order valence-corrected chi connectivity index (χ4v) is 4.39. The fourth-order valence-electron chi connectivity index (χ4n) is 4.39. The van der Waals surface area contributed by atoms with Gasteiger partial charge in [-0.3, -0.25) is 4.98 Å². The van der Waals surface area contributed by atoms with Gasteiger partial charge < -0.3 is 20.1 Å². The highest BCUT2D eigenvalue weighted by molar-refractivity contribution is 5.95. The second-order valence-electron chi connectivity index (χ2n) is 8.58. The summed E-state index contributed by atoms with van der Waals surface area (Å²) in [6.45, 7) is 2.27. The number of rotatable bonds is 7. The van der Waals surface area contributed by atoms with E-state index < -0.39 is 18.0 Å². The van der Waals surface area contributed by atoms with Crippen LogP contribution >= 0.6 is 0 Å². The zero-order chi connectivity index (χ0) is 23.9. The molecule has 2 N–H and O–H groups in total. The van der Waals surface area contributed by atoms with Crippen LogP contribution in [0.25, 0.3) is 0 Å². The van der Waals surface area contributed by atoms with E-state index in [0.717, 1.165) is 12.8 Å². The number of urea groups is 1. The second-order valence-corrected chi connectivity index (χ2v) is 8.58. The Morgan fingerprint density at radius 2 is 1.82 bits per heavy atom.